The summed E-state index contributed by atoms with van der Waals surface area (Å²) in [6, 6.07) is 9.43. The molecule has 1 aliphatic rings. The summed E-state index contributed by atoms with van der Waals surface area (Å²) in [5.74, 6) is -1.17. The molecule has 31 heavy (non-hydrogen) atoms. The minimum atomic E-state index is -0.945. The lowest BCUT2D eigenvalue weighted by Crippen LogP contribution is -2.33. The molecule has 0 aromatic heterocycles. The van der Waals surface area contributed by atoms with Gasteiger partial charge in [-0.15, -0.1) is 0 Å². The predicted octanol–water partition coefficient (Wildman–Crippen LogP) is 2.90. The van der Waals surface area contributed by atoms with Gasteiger partial charge in [0.25, 0.3) is 5.69 Å². The van der Waals surface area contributed by atoms with Gasteiger partial charge >= 0.3 is 5.69 Å². The van der Waals surface area contributed by atoms with Crippen molar-refractivity contribution in [3.63, 3.8) is 0 Å². The third-order valence-electron chi connectivity index (χ3n) is 4.24. The number of nitro groups is 2. The molecule has 0 aliphatic carbocycles. The molecule has 12 nitrogen and oxygen atoms in total. The number of carbonyl (C=O) groups excluding carboxylic acids is 1. The van der Waals surface area contributed by atoms with Crippen molar-refractivity contribution in [2.24, 2.45) is 5.10 Å². The van der Waals surface area contributed by atoms with Crippen LogP contribution in [0.15, 0.2) is 47.6 Å². The molecule has 1 aliphatic heterocycles. The number of hydrogen-bond donors (Lipinski definition) is 1. The van der Waals surface area contributed by atoms with Gasteiger partial charge in [-0.25, -0.2) is 5.43 Å². The number of carbonyl (C=O) groups is 1. The number of rotatable bonds is 8. The summed E-state index contributed by atoms with van der Waals surface area (Å²) in [5, 5.41) is 25.8. The van der Waals surface area contributed by atoms with Gasteiger partial charge in [0.2, 0.25) is 11.7 Å². The number of benzene rings is 2. The van der Waals surface area contributed by atoms with Crippen molar-refractivity contribution in [2.75, 3.05) is 13.2 Å². The van der Waals surface area contributed by atoms with Gasteiger partial charge in [0, 0.05) is 6.07 Å². The number of hydrogen-bond acceptors (Lipinski definition) is 9. The van der Waals surface area contributed by atoms with E-state index in [2.05, 4.69) is 10.5 Å². The number of nitro benzene ring substituents is 2. The second-order valence-corrected chi connectivity index (χ2v) is 6.64. The molecule has 1 N–H and O–H groups in total. The summed E-state index contributed by atoms with van der Waals surface area (Å²) in [5.41, 5.74) is 2.08. The summed E-state index contributed by atoms with van der Waals surface area (Å²) in [6.45, 7) is 2.55. The standard InChI is InChI=1S/C19H18N4O8/c1-19(29-8-9-30-19)11-18(24)21-20-12-13-2-5-15(6-3-13)31-17-7-4-14(22(25)26)10-16(17)23(27)28/h2-7,10,12H,8-9,11H2,1H3,(H,21,24)/b20-12+. The Hall–Kier alpha value is -3.90. The van der Waals surface area contributed by atoms with Gasteiger partial charge in [-0.1, -0.05) is 0 Å². The molecular formula is C19H18N4O8. The lowest BCUT2D eigenvalue weighted by Gasteiger charge is -2.20. The van der Waals surface area contributed by atoms with Gasteiger partial charge in [0.05, 0.1) is 41.8 Å². The average Bonchev–Trinajstić information content (AvgIpc) is 3.15. The van der Waals surface area contributed by atoms with Crippen molar-refractivity contribution in [3.05, 3.63) is 68.3 Å². The van der Waals surface area contributed by atoms with Crippen molar-refractivity contribution in [1.29, 1.82) is 0 Å². The SMILES string of the molecule is CC1(CC(=O)N/N=C/c2ccc(Oc3ccc([N+](=O)[O-])cc3[N+](=O)[O-])cc2)OCCO1. The van der Waals surface area contributed by atoms with Crippen LogP contribution in [0.3, 0.4) is 0 Å². The molecule has 1 fully saturated rings. The van der Waals surface area contributed by atoms with E-state index in [4.69, 9.17) is 14.2 Å². The van der Waals surface area contributed by atoms with E-state index in [0.717, 1.165) is 12.1 Å². The van der Waals surface area contributed by atoms with Crippen LogP contribution in [-0.4, -0.2) is 41.0 Å². The molecule has 3 rings (SSSR count). The van der Waals surface area contributed by atoms with Crippen molar-refractivity contribution < 1.29 is 28.9 Å². The summed E-state index contributed by atoms with van der Waals surface area (Å²) in [7, 11) is 0. The van der Waals surface area contributed by atoms with E-state index >= 15 is 0 Å². The minimum absolute atomic E-state index is 0.00509. The Kier molecular flexibility index (Phi) is 6.52. The van der Waals surface area contributed by atoms with E-state index in [1.165, 1.54) is 24.4 Å². The van der Waals surface area contributed by atoms with Crippen LogP contribution < -0.4 is 10.2 Å². The molecule has 12 heteroatoms. The van der Waals surface area contributed by atoms with Crippen molar-refractivity contribution in [1.82, 2.24) is 5.43 Å². The molecule has 0 bridgehead atoms. The number of nitrogens with one attached hydrogen (secondary N) is 1. The topological polar surface area (TPSA) is 155 Å². The van der Waals surface area contributed by atoms with E-state index < -0.39 is 27.0 Å². The molecule has 0 saturated carbocycles. The molecule has 0 unspecified atom stereocenters. The van der Waals surface area contributed by atoms with Gasteiger partial charge < -0.3 is 14.2 Å². The number of amides is 1. The van der Waals surface area contributed by atoms with Crippen molar-refractivity contribution in [2.45, 2.75) is 19.1 Å². The van der Waals surface area contributed by atoms with Gasteiger partial charge in [0.1, 0.15) is 5.75 Å². The van der Waals surface area contributed by atoms with Crippen molar-refractivity contribution in [3.8, 4) is 11.5 Å². The Bertz CT molecular complexity index is 1020. The molecule has 0 atom stereocenters. The Morgan fingerprint density at radius 2 is 1.84 bits per heavy atom. The molecular weight excluding hydrogens is 412 g/mol. The number of nitrogens with zero attached hydrogens (tertiary/aromatic N) is 3. The maximum absolute atomic E-state index is 11.9. The number of hydrazone groups is 1. The van der Waals surface area contributed by atoms with Crippen LogP contribution in [0.25, 0.3) is 0 Å². The molecule has 1 amide bonds. The van der Waals surface area contributed by atoms with Crippen LogP contribution in [-0.2, 0) is 14.3 Å². The second kappa shape index (κ2) is 9.28. The van der Waals surface area contributed by atoms with Gasteiger partial charge in [-0.2, -0.15) is 5.10 Å². The van der Waals surface area contributed by atoms with Crippen LogP contribution in [0, 0.1) is 20.2 Å². The predicted molar refractivity (Wildman–Crippen MR) is 107 cm³/mol. The maximum Gasteiger partial charge on any atom is 0.318 e. The zero-order chi connectivity index (χ0) is 22.4. The Morgan fingerprint density at radius 3 is 2.45 bits per heavy atom. The highest BCUT2D eigenvalue weighted by molar-refractivity contribution is 5.82. The fourth-order valence-corrected chi connectivity index (χ4v) is 2.77. The minimum Gasteiger partial charge on any atom is -0.450 e. The quantitative estimate of drug-likeness (QED) is 0.381. The highest BCUT2D eigenvalue weighted by Gasteiger charge is 2.33. The van der Waals surface area contributed by atoms with Crippen LogP contribution in [0.5, 0.6) is 11.5 Å². The smallest absolute Gasteiger partial charge is 0.318 e. The molecule has 1 heterocycles. The Labute approximate surface area is 175 Å². The van der Waals surface area contributed by atoms with E-state index in [9.17, 15) is 25.0 Å². The average molecular weight is 430 g/mol. The first-order valence-corrected chi connectivity index (χ1v) is 9.06. The summed E-state index contributed by atoms with van der Waals surface area (Å²) in [6.07, 6.45) is 1.42. The monoisotopic (exact) mass is 430 g/mol. The Morgan fingerprint density at radius 1 is 1.16 bits per heavy atom. The highest BCUT2D eigenvalue weighted by Crippen LogP contribution is 2.34. The van der Waals surface area contributed by atoms with Gasteiger partial charge in [-0.05, 0) is 42.8 Å². The van der Waals surface area contributed by atoms with E-state index in [1.54, 1.807) is 19.1 Å². The highest BCUT2D eigenvalue weighted by atomic mass is 16.7. The van der Waals surface area contributed by atoms with Gasteiger partial charge in [0.15, 0.2) is 5.79 Å². The lowest BCUT2D eigenvalue weighted by atomic mass is 10.2. The van der Waals surface area contributed by atoms with E-state index in [0.29, 0.717) is 18.8 Å². The fraction of sp³-hybridized carbons (Fsp3) is 0.263. The molecule has 0 radical (unpaired) electrons. The van der Waals surface area contributed by atoms with Crippen LogP contribution in [0.4, 0.5) is 11.4 Å². The maximum atomic E-state index is 11.9. The molecule has 1 saturated heterocycles. The summed E-state index contributed by atoms with van der Waals surface area (Å²) >= 11 is 0. The third kappa shape index (κ3) is 5.81. The first-order valence-electron chi connectivity index (χ1n) is 9.06. The van der Waals surface area contributed by atoms with E-state index in [1.807, 2.05) is 0 Å². The third-order valence-corrected chi connectivity index (χ3v) is 4.24. The summed E-state index contributed by atoms with van der Waals surface area (Å²) in [4.78, 5) is 32.4. The van der Waals surface area contributed by atoms with E-state index in [-0.39, 0.29) is 23.8 Å². The van der Waals surface area contributed by atoms with Crippen LogP contribution in [0.1, 0.15) is 18.9 Å². The zero-order valence-electron chi connectivity index (χ0n) is 16.3. The lowest BCUT2D eigenvalue weighted by molar-refractivity contribution is -0.394. The first-order chi connectivity index (χ1) is 14.8. The van der Waals surface area contributed by atoms with Gasteiger partial charge in [-0.3, -0.25) is 25.0 Å². The zero-order valence-corrected chi connectivity index (χ0v) is 16.3. The largest absolute Gasteiger partial charge is 0.450 e. The molecule has 2 aromatic rings. The molecule has 2 aromatic carbocycles. The Balaban J connectivity index is 1.60. The number of non-ortho nitro benzene ring substituents is 1. The second-order valence-electron chi connectivity index (χ2n) is 6.64. The molecule has 162 valence electrons. The van der Waals surface area contributed by atoms with Crippen LogP contribution in [0.2, 0.25) is 0 Å². The number of ether oxygens (including phenoxy) is 3. The normalized spacial score (nSPS) is 15.0. The van der Waals surface area contributed by atoms with Crippen LogP contribution >= 0.6 is 0 Å². The van der Waals surface area contributed by atoms with Crippen molar-refractivity contribution >= 4 is 23.5 Å². The first kappa shape index (κ1) is 21.8. The summed E-state index contributed by atoms with van der Waals surface area (Å²) < 4.78 is 16.2. The molecule has 0 spiro atoms. The fourth-order valence-electron chi connectivity index (χ4n) is 2.77.